The van der Waals surface area contributed by atoms with E-state index in [1.54, 1.807) is 12.1 Å². The topological polar surface area (TPSA) is 40.5 Å². The first-order chi connectivity index (χ1) is 5.52. The molecule has 0 fully saturated rings. The molecule has 0 spiro atoms. The molecule has 0 unspecified atom stereocenters. The van der Waals surface area contributed by atoms with Gasteiger partial charge in [0.2, 0.25) is 0 Å². The summed E-state index contributed by atoms with van der Waals surface area (Å²) >= 11 is 12.2. The van der Waals surface area contributed by atoms with E-state index in [1.165, 1.54) is 0 Å². The summed E-state index contributed by atoms with van der Waals surface area (Å²) in [7, 11) is -1.54. The fourth-order valence-electron chi connectivity index (χ4n) is 0.736. The summed E-state index contributed by atoms with van der Waals surface area (Å²) in [4.78, 5) is 0. The first-order valence-corrected chi connectivity index (χ1v) is 4.99. The van der Waals surface area contributed by atoms with Gasteiger partial charge in [-0.05, 0) is 44.0 Å². The molecule has 1 aromatic rings. The van der Waals surface area contributed by atoms with Crippen molar-refractivity contribution in [2.45, 2.75) is 0 Å². The third-order valence-electron chi connectivity index (χ3n) is 1.32. The number of rotatable bonds is 1. The Hall–Kier alpha value is 0.455. The van der Waals surface area contributed by atoms with Crippen molar-refractivity contribution in [3.05, 3.63) is 26.1 Å². The fourth-order valence-corrected chi connectivity index (χ4v) is 1.83. The van der Waals surface area contributed by atoms with Gasteiger partial charge in [0.05, 0.1) is 0 Å². The molecule has 0 aliphatic heterocycles. The molecule has 0 radical (unpaired) electrons. The molecule has 0 amide bonds. The van der Waals surface area contributed by atoms with Gasteiger partial charge in [0.15, 0.2) is 0 Å². The van der Waals surface area contributed by atoms with Crippen molar-refractivity contribution in [1.82, 2.24) is 0 Å². The second-order valence-electron chi connectivity index (χ2n) is 2.16. The highest BCUT2D eigenvalue weighted by atomic mass is 79.9. The Morgan fingerprint density at radius 2 is 1.67 bits per heavy atom. The lowest BCUT2D eigenvalue weighted by Gasteiger charge is -2.04. The Bertz CT molecular complexity index is 306. The molecule has 2 N–H and O–H groups in total. The van der Waals surface area contributed by atoms with Crippen LogP contribution >= 0.6 is 43.5 Å². The van der Waals surface area contributed by atoms with E-state index in [0.29, 0.717) is 5.02 Å². The van der Waals surface area contributed by atoms with Crippen LogP contribution in [0.1, 0.15) is 0 Å². The molecule has 0 aromatic heterocycles. The van der Waals surface area contributed by atoms with Crippen LogP contribution in [0, 0.1) is 0 Å². The summed E-state index contributed by atoms with van der Waals surface area (Å²) in [6.07, 6.45) is 0. The minimum Gasteiger partial charge on any atom is -0.423 e. The monoisotopic (exact) mass is 312 g/mol. The molecule has 0 saturated carbocycles. The summed E-state index contributed by atoms with van der Waals surface area (Å²) in [6.45, 7) is 0. The van der Waals surface area contributed by atoms with Crippen molar-refractivity contribution < 1.29 is 10.0 Å². The molecule has 0 saturated heterocycles. The zero-order valence-electron chi connectivity index (χ0n) is 5.76. The maximum atomic E-state index is 8.85. The highest BCUT2D eigenvalue weighted by molar-refractivity contribution is 9.13. The largest absolute Gasteiger partial charge is 0.489 e. The molecule has 0 aliphatic rings. The second-order valence-corrected chi connectivity index (χ2v) is 4.28. The number of hydrogen-bond acceptors (Lipinski definition) is 2. The van der Waals surface area contributed by atoms with E-state index in [0.717, 1.165) is 8.95 Å². The van der Waals surface area contributed by atoms with Crippen LogP contribution in [0.5, 0.6) is 0 Å². The van der Waals surface area contributed by atoms with Crippen LogP contribution in [-0.4, -0.2) is 17.2 Å². The van der Waals surface area contributed by atoms with E-state index < -0.39 is 7.12 Å². The van der Waals surface area contributed by atoms with Crippen molar-refractivity contribution in [3.63, 3.8) is 0 Å². The molecule has 1 aromatic carbocycles. The van der Waals surface area contributed by atoms with E-state index in [-0.39, 0.29) is 5.46 Å². The maximum Gasteiger partial charge on any atom is 0.489 e. The lowest BCUT2D eigenvalue weighted by molar-refractivity contribution is 0.426. The molecule has 0 heterocycles. The average Bonchev–Trinajstić information content (AvgIpc) is 1.96. The summed E-state index contributed by atoms with van der Waals surface area (Å²) in [5, 5.41) is 18.0. The summed E-state index contributed by atoms with van der Waals surface area (Å²) in [6, 6.07) is 3.15. The molecule has 12 heavy (non-hydrogen) atoms. The first kappa shape index (κ1) is 10.5. The fraction of sp³-hybridized carbons (Fsp3) is 0. The van der Waals surface area contributed by atoms with Crippen molar-refractivity contribution in [3.8, 4) is 0 Å². The minimum atomic E-state index is -1.54. The summed E-state index contributed by atoms with van der Waals surface area (Å²) in [5.41, 5.74) is 0.284. The van der Waals surface area contributed by atoms with Crippen LogP contribution in [0.15, 0.2) is 21.1 Å². The third kappa shape index (κ3) is 2.23. The van der Waals surface area contributed by atoms with Crippen molar-refractivity contribution in [2.75, 3.05) is 0 Å². The molecule has 0 aliphatic carbocycles. The van der Waals surface area contributed by atoms with E-state index in [9.17, 15) is 0 Å². The molecule has 0 bridgehead atoms. The number of benzene rings is 1. The molecular formula is C6H4BBr2ClO2. The van der Waals surface area contributed by atoms with E-state index in [4.69, 9.17) is 21.6 Å². The summed E-state index contributed by atoms with van der Waals surface area (Å²) in [5.74, 6) is 0. The van der Waals surface area contributed by atoms with Gasteiger partial charge >= 0.3 is 7.12 Å². The quantitative estimate of drug-likeness (QED) is 0.610. The van der Waals surface area contributed by atoms with Crippen molar-refractivity contribution >= 4 is 56.0 Å². The molecule has 64 valence electrons. The normalized spacial score (nSPS) is 10.1. The Morgan fingerprint density at radius 3 is 2.17 bits per heavy atom. The molecule has 0 atom stereocenters. The third-order valence-corrected chi connectivity index (χ3v) is 3.49. The minimum absolute atomic E-state index is 0.284. The Labute approximate surface area is 92.0 Å². The van der Waals surface area contributed by atoms with E-state index in [2.05, 4.69) is 31.9 Å². The van der Waals surface area contributed by atoms with Crippen LogP contribution in [0.3, 0.4) is 0 Å². The van der Waals surface area contributed by atoms with Crippen LogP contribution in [-0.2, 0) is 0 Å². The Morgan fingerprint density at radius 1 is 1.17 bits per heavy atom. The predicted molar refractivity (Wildman–Crippen MR) is 56.7 cm³/mol. The highest BCUT2D eigenvalue weighted by Crippen LogP contribution is 2.24. The second kappa shape index (κ2) is 4.11. The van der Waals surface area contributed by atoms with Crippen molar-refractivity contribution in [2.24, 2.45) is 0 Å². The predicted octanol–water partition coefficient (Wildman–Crippen LogP) is 1.54. The summed E-state index contributed by atoms with van der Waals surface area (Å²) < 4.78 is 1.51. The SMILES string of the molecule is OB(O)c1cc(Br)c(Br)cc1Cl. The van der Waals surface area contributed by atoms with Gasteiger partial charge in [-0.25, -0.2) is 0 Å². The van der Waals surface area contributed by atoms with Gasteiger partial charge in [-0.2, -0.15) is 0 Å². The van der Waals surface area contributed by atoms with Gasteiger partial charge in [-0.15, -0.1) is 0 Å². The molecule has 6 heteroatoms. The Balaban J connectivity index is 3.23. The maximum absolute atomic E-state index is 8.85. The van der Waals surface area contributed by atoms with Crippen molar-refractivity contribution in [1.29, 1.82) is 0 Å². The highest BCUT2D eigenvalue weighted by Gasteiger charge is 2.16. The van der Waals surface area contributed by atoms with Gasteiger partial charge in [-0.1, -0.05) is 11.6 Å². The number of halogens is 3. The van der Waals surface area contributed by atoms with Gasteiger partial charge in [0.25, 0.3) is 0 Å². The smallest absolute Gasteiger partial charge is 0.423 e. The molecular weight excluding hydrogens is 310 g/mol. The standard InChI is InChI=1S/C6H4BBr2ClO2/c8-4-1-3(7(11)12)6(10)2-5(4)9/h1-2,11-12H. The van der Waals surface area contributed by atoms with E-state index in [1.807, 2.05) is 0 Å². The lowest BCUT2D eigenvalue weighted by atomic mass is 9.80. The van der Waals surface area contributed by atoms with Gasteiger partial charge in [0.1, 0.15) is 0 Å². The van der Waals surface area contributed by atoms with Gasteiger partial charge in [-0.3, -0.25) is 0 Å². The molecule has 2 nitrogen and oxygen atoms in total. The van der Waals surface area contributed by atoms with Gasteiger partial charge < -0.3 is 10.0 Å². The van der Waals surface area contributed by atoms with Crippen LogP contribution in [0.25, 0.3) is 0 Å². The molecule has 1 rings (SSSR count). The number of hydrogen-bond donors (Lipinski definition) is 2. The lowest BCUT2D eigenvalue weighted by Crippen LogP contribution is -2.30. The zero-order chi connectivity index (χ0) is 9.30. The van der Waals surface area contributed by atoms with Crippen LogP contribution < -0.4 is 5.46 Å². The van der Waals surface area contributed by atoms with E-state index >= 15 is 0 Å². The Kier molecular flexibility index (Phi) is 3.61. The van der Waals surface area contributed by atoms with Gasteiger partial charge in [0, 0.05) is 19.4 Å². The first-order valence-electron chi connectivity index (χ1n) is 3.03. The average molecular weight is 314 g/mol. The zero-order valence-corrected chi connectivity index (χ0v) is 9.69. The van der Waals surface area contributed by atoms with Crippen LogP contribution in [0.2, 0.25) is 5.02 Å². The van der Waals surface area contributed by atoms with Crippen LogP contribution in [0.4, 0.5) is 0 Å².